The highest BCUT2D eigenvalue weighted by Gasteiger charge is 2.25. The van der Waals surface area contributed by atoms with Gasteiger partial charge >= 0.3 is 5.97 Å². The standard InChI is InChI=1S/C11H20N4O6S/c1-5(9(19)13-2-8(17)18)14-11(21)7(4-22)15-10(20)6(12)3-16/h5-7,16,22H,2-4,12H2,1H3,(H,13,19)(H,14,21)(H,15,20)(H,17,18). The summed E-state index contributed by atoms with van der Waals surface area (Å²) in [4.78, 5) is 45.2. The van der Waals surface area contributed by atoms with Crippen LogP contribution in [-0.2, 0) is 19.2 Å². The Balaban J connectivity index is 4.49. The molecule has 0 heterocycles. The van der Waals surface area contributed by atoms with Gasteiger partial charge in [-0.1, -0.05) is 0 Å². The summed E-state index contributed by atoms with van der Waals surface area (Å²) in [5.74, 6) is -3.39. The van der Waals surface area contributed by atoms with Crippen LogP contribution in [0.2, 0.25) is 0 Å². The average molecular weight is 336 g/mol. The molecule has 22 heavy (non-hydrogen) atoms. The molecular weight excluding hydrogens is 316 g/mol. The van der Waals surface area contributed by atoms with Gasteiger partial charge in [-0.2, -0.15) is 12.6 Å². The second-order valence-electron chi connectivity index (χ2n) is 4.37. The Bertz CT molecular complexity index is 433. The minimum absolute atomic E-state index is 0.0564. The van der Waals surface area contributed by atoms with Crippen molar-refractivity contribution in [3.05, 3.63) is 0 Å². The number of rotatable bonds is 9. The lowest BCUT2D eigenvalue weighted by Crippen LogP contribution is -2.56. The molecular formula is C11H20N4O6S. The number of thiol groups is 1. The first-order chi connectivity index (χ1) is 10.2. The van der Waals surface area contributed by atoms with Gasteiger partial charge in [-0.05, 0) is 6.92 Å². The number of carboxylic acid groups (broad SMARTS) is 1. The summed E-state index contributed by atoms with van der Waals surface area (Å²) < 4.78 is 0. The van der Waals surface area contributed by atoms with Gasteiger partial charge in [0.1, 0.15) is 24.7 Å². The summed E-state index contributed by atoms with van der Waals surface area (Å²) in [6.45, 7) is 0.198. The first kappa shape index (κ1) is 20.1. The van der Waals surface area contributed by atoms with Crippen molar-refractivity contribution in [2.75, 3.05) is 18.9 Å². The SMILES string of the molecule is CC(NC(=O)C(CS)NC(=O)C(N)CO)C(=O)NCC(=O)O. The van der Waals surface area contributed by atoms with Crippen molar-refractivity contribution >= 4 is 36.3 Å². The zero-order valence-electron chi connectivity index (χ0n) is 11.9. The lowest BCUT2D eigenvalue weighted by molar-refractivity contribution is -0.138. The van der Waals surface area contributed by atoms with E-state index in [9.17, 15) is 19.2 Å². The molecule has 3 atom stereocenters. The van der Waals surface area contributed by atoms with Crippen molar-refractivity contribution in [3.8, 4) is 0 Å². The van der Waals surface area contributed by atoms with Crippen LogP contribution in [0.3, 0.4) is 0 Å². The third kappa shape index (κ3) is 7.24. The van der Waals surface area contributed by atoms with Crippen LogP contribution >= 0.6 is 12.6 Å². The van der Waals surface area contributed by atoms with Crippen LogP contribution in [0, 0.1) is 0 Å². The minimum Gasteiger partial charge on any atom is -0.480 e. The summed E-state index contributed by atoms with van der Waals surface area (Å²) in [6, 6.07) is -3.23. The molecule has 0 bridgehead atoms. The predicted molar refractivity (Wildman–Crippen MR) is 79.1 cm³/mol. The molecule has 0 saturated heterocycles. The van der Waals surface area contributed by atoms with E-state index in [-0.39, 0.29) is 5.75 Å². The second kappa shape index (κ2) is 9.97. The van der Waals surface area contributed by atoms with Crippen molar-refractivity contribution < 1.29 is 29.4 Å². The highest BCUT2D eigenvalue weighted by atomic mass is 32.1. The van der Waals surface area contributed by atoms with Crippen LogP contribution in [0.15, 0.2) is 0 Å². The first-order valence-electron chi connectivity index (χ1n) is 6.30. The van der Waals surface area contributed by atoms with E-state index in [0.29, 0.717) is 0 Å². The largest absolute Gasteiger partial charge is 0.480 e. The highest BCUT2D eigenvalue weighted by Crippen LogP contribution is 1.93. The van der Waals surface area contributed by atoms with Crippen molar-refractivity contribution in [1.82, 2.24) is 16.0 Å². The van der Waals surface area contributed by atoms with E-state index in [1.165, 1.54) is 6.92 Å². The maximum atomic E-state index is 11.9. The fraction of sp³-hybridized carbons (Fsp3) is 0.636. The first-order valence-corrected chi connectivity index (χ1v) is 6.93. The summed E-state index contributed by atoms with van der Waals surface area (Å²) in [6.07, 6.45) is 0. The lowest BCUT2D eigenvalue weighted by Gasteiger charge is -2.20. The molecule has 0 radical (unpaired) electrons. The Labute approximate surface area is 132 Å². The average Bonchev–Trinajstić information content (AvgIpc) is 2.48. The molecule has 11 heteroatoms. The molecule has 3 unspecified atom stereocenters. The molecule has 0 aliphatic carbocycles. The van der Waals surface area contributed by atoms with Crippen LogP contribution in [0.1, 0.15) is 6.92 Å². The molecule has 126 valence electrons. The van der Waals surface area contributed by atoms with Gasteiger partial charge < -0.3 is 31.9 Å². The van der Waals surface area contributed by atoms with Gasteiger partial charge in [0.05, 0.1) is 6.61 Å². The number of carbonyl (C=O) groups is 4. The van der Waals surface area contributed by atoms with Crippen LogP contribution < -0.4 is 21.7 Å². The monoisotopic (exact) mass is 336 g/mol. The summed E-state index contributed by atoms with van der Waals surface area (Å²) in [7, 11) is 0. The summed E-state index contributed by atoms with van der Waals surface area (Å²) >= 11 is 3.91. The van der Waals surface area contributed by atoms with Crippen LogP contribution in [0.25, 0.3) is 0 Å². The normalized spacial score (nSPS) is 14.4. The number of aliphatic hydroxyl groups excluding tert-OH is 1. The van der Waals surface area contributed by atoms with Crippen molar-refractivity contribution in [3.63, 3.8) is 0 Å². The molecule has 0 fully saturated rings. The zero-order valence-corrected chi connectivity index (χ0v) is 12.8. The van der Waals surface area contributed by atoms with Crippen LogP contribution in [-0.4, -0.2) is 70.9 Å². The number of nitrogens with one attached hydrogen (secondary N) is 3. The Morgan fingerprint density at radius 3 is 2.18 bits per heavy atom. The van der Waals surface area contributed by atoms with E-state index in [2.05, 4.69) is 28.6 Å². The lowest BCUT2D eigenvalue weighted by atomic mass is 10.2. The third-order valence-corrected chi connectivity index (χ3v) is 2.88. The second-order valence-corrected chi connectivity index (χ2v) is 4.74. The smallest absolute Gasteiger partial charge is 0.322 e. The van der Waals surface area contributed by atoms with E-state index in [1.54, 1.807) is 0 Å². The topological polar surface area (TPSA) is 171 Å². The van der Waals surface area contributed by atoms with E-state index < -0.39 is 55.0 Å². The number of carbonyl (C=O) groups excluding carboxylic acids is 3. The molecule has 0 aromatic rings. The van der Waals surface area contributed by atoms with Crippen LogP contribution in [0.5, 0.6) is 0 Å². The van der Waals surface area contributed by atoms with Gasteiger partial charge in [0.2, 0.25) is 17.7 Å². The maximum Gasteiger partial charge on any atom is 0.322 e. The zero-order chi connectivity index (χ0) is 17.3. The van der Waals surface area contributed by atoms with E-state index in [4.69, 9.17) is 15.9 Å². The molecule has 0 saturated carbocycles. The molecule has 10 nitrogen and oxygen atoms in total. The van der Waals surface area contributed by atoms with Crippen LogP contribution in [0.4, 0.5) is 0 Å². The summed E-state index contributed by atoms with van der Waals surface area (Å²) in [5, 5.41) is 23.9. The Morgan fingerprint density at radius 1 is 1.14 bits per heavy atom. The number of nitrogens with two attached hydrogens (primary N) is 1. The van der Waals surface area contributed by atoms with Crippen molar-refractivity contribution in [2.45, 2.75) is 25.0 Å². The maximum absolute atomic E-state index is 11.9. The fourth-order valence-corrected chi connectivity index (χ4v) is 1.51. The molecule has 0 rings (SSSR count). The fourth-order valence-electron chi connectivity index (χ4n) is 1.25. The van der Waals surface area contributed by atoms with Crippen molar-refractivity contribution in [1.29, 1.82) is 0 Å². The Morgan fingerprint density at radius 2 is 1.73 bits per heavy atom. The van der Waals surface area contributed by atoms with Gasteiger partial charge in [-0.25, -0.2) is 0 Å². The molecule has 3 amide bonds. The van der Waals surface area contributed by atoms with Gasteiger partial charge in [0.15, 0.2) is 0 Å². The molecule has 0 aliphatic heterocycles. The number of amides is 3. The minimum atomic E-state index is -1.22. The molecule has 0 spiro atoms. The van der Waals surface area contributed by atoms with E-state index in [0.717, 1.165) is 0 Å². The quantitative estimate of drug-likeness (QED) is 0.213. The number of hydrogen-bond donors (Lipinski definition) is 7. The molecule has 7 N–H and O–H groups in total. The summed E-state index contributed by atoms with van der Waals surface area (Å²) in [5.41, 5.74) is 5.30. The van der Waals surface area contributed by atoms with Crippen molar-refractivity contribution in [2.24, 2.45) is 5.73 Å². The van der Waals surface area contributed by atoms with E-state index in [1.807, 2.05) is 0 Å². The Hall–Kier alpha value is -1.85. The number of aliphatic hydroxyl groups is 1. The predicted octanol–water partition coefficient (Wildman–Crippen LogP) is -3.57. The van der Waals surface area contributed by atoms with Gasteiger partial charge in [0.25, 0.3) is 0 Å². The van der Waals surface area contributed by atoms with Gasteiger partial charge in [-0.3, -0.25) is 19.2 Å². The van der Waals surface area contributed by atoms with E-state index >= 15 is 0 Å². The Kier molecular flexibility index (Phi) is 9.13. The highest BCUT2D eigenvalue weighted by molar-refractivity contribution is 7.80. The number of hydrogen-bond acceptors (Lipinski definition) is 7. The molecule has 0 aromatic carbocycles. The number of aliphatic carboxylic acids is 1. The third-order valence-electron chi connectivity index (χ3n) is 2.51. The van der Waals surface area contributed by atoms with Gasteiger partial charge in [0, 0.05) is 5.75 Å². The molecule has 0 aliphatic rings. The van der Waals surface area contributed by atoms with Gasteiger partial charge in [-0.15, -0.1) is 0 Å². The molecule has 0 aromatic heterocycles. The number of carboxylic acids is 1.